The first kappa shape index (κ1) is 16.8. The highest BCUT2D eigenvalue weighted by molar-refractivity contribution is 5.97. The predicted octanol–water partition coefficient (Wildman–Crippen LogP) is 4.21. The number of pyridine rings is 1. The van der Waals surface area contributed by atoms with Gasteiger partial charge in [0.1, 0.15) is 6.26 Å². The van der Waals surface area contributed by atoms with Gasteiger partial charge in [-0.3, -0.25) is 9.78 Å². The van der Waals surface area contributed by atoms with Crippen LogP contribution in [0, 0.1) is 6.92 Å². The number of nitrogens with one attached hydrogen (secondary N) is 1. The summed E-state index contributed by atoms with van der Waals surface area (Å²) in [6.45, 7) is 1.95. The molecule has 4 rings (SSSR count). The lowest BCUT2D eigenvalue weighted by atomic mass is 9.77. The number of fused-ring (bicyclic) bond motifs is 1. The third-order valence-electron chi connectivity index (χ3n) is 5.42. The molecule has 26 heavy (non-hydrogen) atoms. The van der Waals surface area contributed by atoms with Crippen LogP contribution < -0.4 is 5.32 Å². The molecule has 1 N–H and O–H groups in total. The lowest BCUT2D eigenvalue weighted by Crippen LogP contribution is -2.51. The van der Waals surface area contributed by atoms with E-state index in [1.165, 1.54) is 6.42 Å². The number of aromatic nitrogens is 2. The minimum absolute atomic E-state index is 0.0562. The Labute approximate surface area is 152 Å². The number of rotatable bonds is 4. The standard InChI is InChI=1S/C21H23N3O2/c1-15-18(14-26-24-15)12-21(9-5-2-6-10-21)23-20(25)17-11-16-7-3-4-8-19(16)22-13-17/h3-4,7-8,11,13-14H,2,5-6,9-10,12H2,1H3,(H,23,25). The van der Waals surface area contributed by atoms with Gasteiger partial charge >= 0.3 is 0 Å². The molecule has 1 aromatic carbocycles. The van der Waals surface area contributed by atoms with Crippen molar-refractivity contribution in [1.29, 1.82) is 0 Å². The molecule has 2 heterocycles. The highest BCUT2D eigenvalue weighted by Gasteiger charge is 2.35. The van der Waals surface area contributed by atoms with E-state index < -0.39 is 0 Å². The molecule has 1 amide bonds. The molecule has 0 saturated heterocycles. The molecule has 1 aliphatic rings. The first-order valence-corrected chi connectivity index (χ1v) is 9.22. The summed E-state index contributed by atoms with van der Waals surface area (Å²) in [5.74, 6) is -0.0562. The normalized spacial score (nSPS) is 16.5. The fourth-order valence-electron chi connectivity index (χ4n) is 3.93. The molecular weight excluding hydrogens is 326 g/mol. The maximum Gasteiger partial charge on any atom is 0.253 e. The molecule has 1 saturated carbocycles. The average molecular weight is 349 g/mol. The molecule has 0 radical (unpaired) electrons. The second-order valence-electron chi connectivity index (χ2n) is 7.31. The van der Waals surface area contributed by atoms with Gasteiger partial charge in [0.2, 0.25) is 0 Å². The Hall–Kier alpha value is -2.69. The number of hydrogen-bond acceptors (Lipinski definition) is 4. The maximum absolute atomic E-state index is 13.0. The van der Waals surface area contributed by atoms with Gasteiger partial charge in [-0.15, -0.1) is 0 Å². The first-order valence-electron chi connectivity index (χ1n) is 9.22. The number of aryl methyl sites for hydroxylation is 1. The molecule has 3 aromatic rings. The largest absolute Gasteiger partial charge is 0.364 e. The fourth-order valence-corrected chi connectivity index (χ4v) is 3.93. The third-order valence-corrected chi connectivity index (χ3v) is 5.42. The Morgan fingerprint density at radius 1 is 1.23 bits per heavy atom. The number of nitrogens with zero attached hydrogens (tertiary/aromatic N) is 2. The van der Waals surface area contributed by atoms with E-state index in [2.05, 4.69) is 15.5 Å². The summed E-state index contributed by atoms with van der Waals surface area (Å²) in [4.78, 5) is 17.4. The zero-order valence-electron chi connectivity index (χ0n) is 15.0. The van der Waals surface area contributed by atoms with Crippen LogP contribution in [0.2, 0.25) is 0 Å². The monoisotopic (exact) mass is 349 g/mol. The molecular formula is C21H23N3O2. The van der Waals surface area contributed by atoms with Gasteiger partial charge in [0.05, 0.1) is 16.8 Å². The number of para-hydroxylation sites is 1. The van der Waals surface area contributed by atoms with E-state index in [9.17, 15) is 4.79 Å². The molecule has 0 aliphatic heterocycles. The lowest BCUT2D eigenvalue weighted by molar-refractivity contribution is 0.0868. The van der Waals surface area contributed by atoms with Crippen LogP contribution in [0.5, 0.6) is 0 Å². The van der Waals surface area contributed by atoms with Gasteiger partial charge in [-0.25, -0.2) is 0 Å². The van der Waals surface area contributed by atoms with Crippen molar-refractivity contribution in [2.45, 2.75) is 51.0 Å². The first-order chi connectivity index (χ1) is 12.7. The summed E-state index contributed by atoms with van der Waals surface area (Å²) in [6, 6.07) is 9.76. The molecule has 2 aromatic heterocycles. The summed E-state index contributed by atoms with van der Waals surface area (Å²) < 4.78 is 5.10. The van der Waals surface area contributed by atoms with Crippen molar-refractivity contribution in [2.24, 2.45) is 0 Å². The van der Waals surface area contributed by atoms with Crippen LogP contribution in [-0.4, -0.2) is 21.6 Å². The second kappa shape index (κ2) is 6.90. The summed E-state index contributed by atoms with van der Waals surface area (Å²) >= 11 is 0. The van der Waals surface area contributed by atoms with Crippen molar-refractivity contribution in [3.05, 3.63) is 59.6 Å². The number of carbonyl (C=O) groups is 1. The number of amides is 1. The predicted molar refractivity (Wildman–Crippen MR) is 100.0 cm³/mol. The SMILES string of the molecule is Cc1nocc1CC1(NC(=O)c2cnc3ccccc3c2)CCCCC1. The van der Waals surface area contributed by atoms with Crippen LogP contribution in [0.25, 0.3) is 10.9 Å². The van der Waals surface area contributed by atoms with Gasteiger partial charge in [0, 0.05) is 29.1 Å². The third kappa shape index (κ3) is 3.34. The second-order valence-corrected chi connectivity index (χ2v) is 7.31. The van der Waals surface area contributed by atoms with E-state index in [0.717, 1.165) is 54.3 Å². The van der Waals surface area contributed by atoms with Gasteiger partial charge < -0.3 is 9.84 Å². The fraction of sp³-hybridized carbons (Fsp3) is 0.381. The van der Waals surface area contributed by atoms with Crippen molar-refractivity contribution < 1.29 is 9.32 Å². The van der Waals surface area contributed by atoms with Gasteiger partial charge in [-0.1, -0.05) is 42.6 Å². The maximum atomic E-state index is 13.0. The van der Waals surface area contributed by atoms with Crippen LogP contribution in [0.1, 0.15) is 53.7 Å². The molecule has 134 valence electrons. The van der Waals surface area contributed by atoms with Crippen molar-refractivity contribution in [2.75, 3.05) is 0 Å². The van der Waals surface area contributed by atoms with Crippen LogP contribution >= 0.6 is 0 Å². The molecule has 1 aliphatic carbocycles. The smallest absolute Gasteiger partial charge is 0.253 e. The Kier molecular flexibility index (Phi) is 4.45. The average Bonchev–Trinajstić information content (AvgIpc) is 3.06. The van der Waals surface area contributed by atoms with Gasteiger partial charge in [0.15, 0.2) is 0 Å². The van der Waals surface area contributed by atoms with Crippen LogP contribution in [0.3, 0.4) is 0 Å². The molecule has 0 unspecified atom stereocenters. The number of benzene rings is 1. The Morgan fingerprint density at radius 3 is 2.81 bits per heavy atom. The molecule has 5 heteroatoms. The topological polar surface area (TPSA) is 68.0 Å². The van der Waals surface area contributed by atoms with Crippen LogP contribution in [0.4, 0.5) is 0 Å². The highest BCUT2D eigenvalue weighted by atomic mass is 16.5. The van der Waals surface area contributed by atoms with Gasteiger partial charge in [-0.05, 0) is 31.9 Å². The van der Waals surface area contributed by atoms with Crippen molar-refractivity contribution in [3.8, 4) is 0 Å². The zero-order chi connectivity index (χ0) is 18.0. The molecule has 0 atom stereocenters. The summed E-state index contributed by atoms with van der Waals surface area (Å²) in [7, 11) is 0. The Balaban J connectivity index is 1.59. The quantitative estimate of drug-likeness (QED) is 0.766. The molecule has 0 spiro atoms. The summed E-state index contributed by atoms with van der Waals surface area (Å²) in [5.41, 5.74) is 3.24. The van der Waals surface area contributed by atoms with E-state index in [0.29, 0.717) is 5.56 Å². The Bertz CT molecular complexity index is 926. The minimum atomic E-state index is -0.239. The van der Waals surface area contributed by atoms with E-state index in [1.807, 2.05) is 37.3 Å². The number of carbonyl (C=O) groups excluding carboxylic acids is 1. The van der Waals surface area contributed by atoms with Crippen LogP contribution in [0.15, 0.2) is 47.3 Å². The highest BCUT2D eigenvalue weighted by Crippen LogP contribution is 2.32. The zero-order valence-corrected chi connectivity index (χ0v) is 15.0. The van der Waals surface area contributed by atoms with Crippen molar-refractivity contribution in [1.82, 2.24) is 15.5 Å². The van der Waals surface area contributed by atoms with Gasteiger partial charge in [-0.2, -0.15) is 0 Å². The minimum Gasteiger partial charge on any atom is -0.364 e. The lowest BCUT2D eigenvalue weighted by Gasteiger charge is -2.38. The van der Waals surface area contributed by atoms with E-state index in [1.54, 1.807) is 12.5 Å². The van der Waals surface area contributed by atoms with E-state index >= 15 is 0 Å². The van der Waals surface area contributed by atoms with Crippen LogP contribution in [-0.2, 0) is 6.42 Å². The summed E-state index contributed by atoms with van der Waals surface area (Å²) in [6.07, 6.45) is 9.55. The Morgan fingerprint density at radius 2 is 2.04 bits per heavy atom. The molecule has 0 bridgehead atoms. The number of hydrogen-bond donors (Lipinski definition) is 1. The van der Waals surface area contributed by atoms with Crippen molar-refractivity contribution >= 4 is 16.8 Å². The summed E-state index contributed by atoms with van der Waals surface area (Å²) in [5, 5.41) is 8.30. The van der Waals surface area contributed by atoms with E-state index in [-0.39, 0.29) is 11.4 Å². The van der Waals surface area contributed by atoms with E-state index in [4.69, 9.17) is 4.52 Å². The van der Waals surface area contributed by atoms with Crippen molar-refractivity contribution in [3.63, 3.8) is 0 Å². The molecule has 1 fully saturated rings. The van der Waals surface area contributed by atoms with Gasteiger partial charge in [0.25, 0.3) is 5.91 Å². The molecule has 5 nitrogen and oxygen atoms in total.